The molecule has 1 N–H and O–H groups in total. The van der Waals surface area contributed by atoms with Crippen molar-refractivity contribution >= 4 is 22.2 Å². The summed E-state index contributed by atoms with van der Waals surface area (Å²) < 4.78 is 44.5. The number of carbonyl (C=O) groups is 1. The predicted octanol–water partition coefficient (Wildman–Crippen LogP) is 6.41. The van der Waals surface area contributed by atoms with Crippen LogP contribution in [0.5, 0.6) is 0 Å². The van der Waals surface area contributed by atoms with Gasteiger partial charge in [-0.05, 0) is 75.2 Å². The van der Waals surface area contributed by atoms with Crippen LogP contribution < -0.4 is 5.32 Å². The van der Waals surface area contributed by atoms with E-state index in [0.717, 1.165) is 59.6 Å². The Kier molecular flexibility index (Phi) is 5.94. The quantitative estimate of drug-likeness (QED) is 0.490. The van der Waals surface area contributed by atoms with E-state index < -0.39 is 11.7 Å². The number of thiophene rings is 1. The number of halogens is 3. The van der Waals surface area contributed by atoms with E-state index in [1.165, 1.54) is 17.6 Å². The van der Waals surface area contributed by atoms with E-state index in [4.69, 9.17) is 4.42 Å². The molecule has 8 heteroatoms. The van der Waals surface area contributed by atoms with Crippen LogP contribution in [0.1, 0.15) is 56.6 Å². The van der Waals surface area contributed by atoms with E-state index in [0.29, 0.717) is 5.00 Å². The molecule has 0 unspecified atom stereocenters. The van der Waals surface area contributed by atoms with Gasteiger partial charge in [-0.1, -0.05) is 12.1 Å². The van der Waals surface area contributed by atoms with Crippen LogP contribution in [0.4, 0.5) is 18.2 Å². The van der Waals surface area contributed by atoms with Crippen LogP contribution in [0.2, 0.25) is 0 Å². The summed E-state index contributed by atoms with van der Waals surface area (Å²) in [4.78, 5) is 16.0. The standard InChI is InChI=1S/C23H23F3N2O2S/c1-14-15(2)31-22(27-21(29)18-6-5-13-30-18)19(14)20(28-11-3-4-12-28)16-7-9-17(10-8-16)23(24,25)26/h5-10,13,20H,3-4,11-12H2,1-2H3,(H,27,29)/t20-/m1/s1. The van der Waals surface area contributed by atoms with Crippen LogP contribution in [0.15, 0.2) is 47.1 Å². The van der Waals surface area contributed by atoms with E-state index >= 15 is 0 Å². The number of carbonyl (C=O) groups excluding carboxylic acids is 1. The largest absolute Gasteiger partial charge is 0.459 e. The molecule has 0 saturated carbocycles. The minimum absolute atomic E-state index is 0.210. The fraction of sp³-hybridized carbons (Fsp3) is 0.348. The first-order valence-electron chi connectivity index (χ1n) is 10.1. The van der Waals surface area contributed by atoms with Crippen molar-refractivity contribution in [2.45, 2.75) is 38.9 Å². The van der Waals surface area contributed by atoms with Gasteiger partial charge < -0.3 is 9.73 Å². The second-order valence-electron chi connectivity index (χ2n) is 7.72. The molecule has 3 heterocycles. The number of anilines is 1. The molecule has 1 aliphatic rings. The number of nitrogens with zero attached hydrogens (tertiary/aromatic N) is 1. The summed E-state index contributed by atoms with van der Waals surface area (Å²) in [6, 6.07) is 8.38. The maximum Gasteiger partial charge on any atom is 0.416 e. The molecule has 0 bridgehead atoms. The van der Waals surface area contributed by atoms with Crippen molar-refractivity contribution < 1.29 is 22.4 Å². The molecule has 164 valence electrons. The molecule has 4 rings (SSSR count). The number of alkyl halides is 3. The van der Waals surface area contributed by atoms with Crippen molar-refractivity contribution in [1.82, 2.24) is 4.90 Å². The number of furan rings is 1. The van der Waals surface area contributed by atoms with Crippen LogP contribution >= 0.6 is 11.3 Å². The third kappa shape index (κ3) is 4.41. The average Bonchev–Trinajstić information content (AvgIpc) is 3.48. The molecular formula is C23H23F3N2O2S. The molecule has 3 aromatic rings. The van der Waals surface area contributed by atoms with E-state index in [9.17, 15) is 18.0 Å². The lowest BCUT2D eigenvalue weighted by Gasteiger charge is -2.30. The fourth-order valence-electron chi connectivity index (χ4n) is 4.05. The number of benzene rings is 1. The number of rotatable bonds is 5. The highest BCUT2D eigenvalue weighted by Gasteiger charge is 2.33. The predicted molar refractivity (Wildman–Crippen MR) is 115 cm³/mol. The molecule has 1 aromatic carbocycles. The molecule has 0 radical (unpaired) electrons. The molecule has 1 saturated heterocycles. The summed E-state index contributed by atoms with van der Waals surface area (Å²) in [6.45, 7) is 5.69. The second-order valence-corrected chi connectivity index (χ2v) is 8.95. The molecule has 0 aliphatic carbocycles. The van der Waals surface area contributed by atoms with Gasteiger partial charge >= 0.3 is 6.18 Å². The minimum Gasteiger partial charge on any atom is -0.459 e. The molecular weight excluding hydrogens is 425 g/mol. The molecule has 4 nitrogen and oxygen atoms in total. The van der Waals surface area contributed by atoms with Crippen LogP contribution in [-0.2, 0) is 6.18 Å². The highest BCUT2D eigenvalue weighted by Crippen LogP contribution is 2.43. The lowest BCUT2D eigenvalue weighted by atomic mass is 9.94. The summed E-state index contributed by atoms with van der Waals surface area (Å²) in [7, 11) is 0. The summed E-state index contributed by atoms with van der Waals surface area (Å²) in [6.07, 6.45) is -0.866. The van der Waals surface area contributed by atoms with E-state index in [1.807, 2.05) is 13.8 Å². The number of amides is 1. The summed E-state index contributed by atoms with van der Waals surface area (Å²) >= 11 is 1.48. The Labute approximate surface area is 182 Å². The van der Waals surface area contributed by atoms with Gasteiger partial charge in [-0.2, -0.15) is 13.2 Å². The molecule has 1 amide bonds. The first-order chi connectivity index (χ1) is 14.8. The maximum absolute atomic E-state index is 13.1. The zero-order chi connectivity index (χ0) is 22.2. The van der Waals surface area contributed by atoms with Crippen LogP contribution in [-0.4, -0.2) is 23.9 Å². The van der Waals surface area contributed by atoms with Crippen LogP contribution in [0.25, 0.3) is 0 Å². The Bertz CT molecular complexity index is 1050. The van der Waals surface area contributed by atoms with Gasteiger partial charge in [-0.15, -0.1) is 11.3 Å². The molecule has 2 aromatic heterocycles. The maximum atomic E-state index is 13.1. The van der Waals surface area contributed by atoms with Crippen molar-refractivity contribution in [3.05, 3.63) is 75.6 Å². The highest BCUT2D eigenvalue weighted by molar-refractivity contribution is 7.16. The van der Waals surface area contributed by atoms with Gasteiger partial charge in [0.2, 0.25) is 0 Å². The topological polar surface area (TPSA) is 45.5 Å². The van der Waals surface area contributed by atoms with Crippen molar-refractivity contribution in [3.63, 3.8) is 0 Å². The van der Waals surface area contributed by atoms with E-state index in [-0.39, 0.29) is 17.7 Å². The van der Waals surface area contributed by atoms with Crippen molar-refractivity contribution in [2.24, 2.45) is 0 Å². The lowest BCUT2D eigenvalue weighted by molar-refractivity contribution is -0.137. The highest BCUT2D eigenvalue weighted by atomic mass is 32.1. The molecule has 1 aliphatic heterocycles. The Morgan fingerprint density at radius 2 is 1.81 bits per heavy atom. The molecule has 1 atom stereocenters. The SMILES string of the molecule is Cc1sc(NC(=O)c2ccco2)c([C@@H](c2ccc(C(F)(F)F)cc2)N2CCCC2)c1C. The van der Waals surface area contributed by atoms with Gasteiger partial charge in [0.05, 0.1) is 17.9 Å². The monoisotopic (exact) mass is 448 g/mol. The fourth-order valence-corrected chi connectivity index (χ4v) is 5.14. The van der Waals surface area contributed by atoms with Gasteiger partial charge in [0.1, 0.15) is 5.00 Å². The van der Waals surface area contributed by atoms with Gasteiger partial charge in [-0.25, -0.2) is 0 Å². The van der Waals surface area contributed by atoms with E-state index in [1.54, 1.807) is 24.3 Å². The number of likely N-dealkylation sites (tertiary alicyclic amines) is 1. The Hall–Kier alpha value is -2.58. The van der Waals surface area contributed by atoms with Crippen LogP contribution in [0.3, 0.4) is 0 Å². The minimum atomic E-state index is -4.38. The smallest absolute Gasteiger partial charge is 0.416 e. The zero-order valence-electron chi connectivity index (χ0n) is 17.3. The normalized spacial score (nSPS) is 15.9. The number of aryl methyl sites for hydroxylation is 1. The third-order valence-electron chi connectivity index (χ3n) is 5.74. The first-order valence-corrected chi connectivity index (χ1v) is 10.9. The van der Waals surface area contributed by atoms with Gasteiger partial charge in [-0.3, -0.25) is 9.69 Å². The van der Waals surface area contributed by atoms with Gasteiger partial charge in [0.15, 0.2) is 5.76 Å². The second kappa shape index (κ2) is 8.51. The number of nitrogens with one attached hydrogen (secondary N) is 1. The number of hydrogen-bond acceptors (Lipinski definition) is 4. The third-order valence-corrected chi connectivity index (χ3v) is 6.88. The van der Waals surface area contributed by atoms with Crippen molar-refractivity contribution in [3.8, 4) is 0 Å². The van der Waals surface area contributed by atoms with E-state index in [2.05, 4.69) is 10.2 Å². The summed E-state index contributed by atoms with van der Waals surface area (Å²) in [5, 5.41) is 3.67. The van der Waals surface area contributed by atoms with Gasteiger partial charge in [0.25, 0.3) is 5.91 Å². The Morgan fingerprint density at radius 1 is 1.13 bits per heavy atom. The lowest BCUT2D eigenvalue weighted by Crippen LogP contribution is -2.28. The molecule has 1 fully saturated rings. The average molecular weight is 449 g/mol. The Balaban J connectivity index is 1.76. The van der Waals surface area contributed by atoms with Gasteiger partial charge in [0, 0.05) is 10.4 Å². The molecule has 31 heavy (non-hydrogen) atoms. The number of hydrogen-bond donors (Lipinski definition) is 1. The summed E-state index contributed by atoms with van der Waals surface area (Å²) in [5.41, 5.74) is 2.09. The van der Waals surface area contributed by atoms with Crippen LogP contribution in [0, 0.1) is 13.8 Å². The first kappa shape index (κ1) is 21.6. The van der Waals surface area contributed by atoms with Crippen molar-refractivity contribution in [1.29, 1.82) is 0 Å². The Morgan fingerprint density at radius 3 is 2.39 bits per heavy atom. The molecule has 0 spiro atoms. The zero-order valence-corrected chi connectivity index (χ0v) is 18.1. The van der Waals surface area contributed by atoms with Crippen molar-refractivity contribution in [2.75, 3.05) is 18.4 Å². The summed E-state index contributed by atoms with van der Waals surface area (Å²) in [5.74, 6) is -0.137.